The number of nitrogens with one attached hydrogen (secondary N) is 1. The van der Waals surface area contributed by atoms with Crippen molar-refractivity contribution in [3.63, 3.8) is 0 Å². The molecule has 1 atom stereocenters. The molecule has 1 saturated carbocycles. The number of urea groups is 1. The Morgan fingerprint density at radius 3 is 2.65 bits per heavy atom. The minimum Gasteiger partial charge on any atom is -0.480 e. The maximum atomic E-state index is 12.1. The molecule has 2 fully saturated rings. The number of hydrogen-bond acceptors (Lipinski definition) is 3. The van der Waals surface area contributed by atoms with Gasteiger partial charge in [0.15, 0.2) is 0 Å². The van der Waals surface area contributed by atoms with Gasteiger partial charge >= 0.3 is 12.0 Å². The Kier molecular flexibility index (Phi) is 3.51. The summed E-state index contributed by atoms with van der Waals surface area (Å²) in [4.78, 5) is 24.5. The maximum Gasteiger partial charge on any atom is 0.327 e. The Hall–Kier alpha value is -0.910. The second-order valence-electron chi connectivity index (χ2n) is 5.02. The number of rotatable bonds is 2. The Morgan fingerprint density at radius 1 is 1.41 bits per heavy atom. The van der Waals surface area contributed by atoms with Crippen LogP contribution in [0.2, 0.25) is 0 Å². The summed E-state index contributed by atoms with van der Waals surface area (Å²) in [6.45, 7) is 2.04. The van der Waals surface area contributed by atoms with Gasteiger partial charge in [0.1, 0.15) is 6.04 Å². The van der Waals surface area contributed by atoms with Crippen LogP contribution in [0.3, 0.4) is 0 Å². The van der Waals surface area contributed by atoms with Gasteiger partial charge in [-0.3, -0.25) is 0 Å². The smallest absolute Gasteiger partial charge is 0.327 e. The zero-order chi connectivity index (χ0) is 12.5. The predicted octanol–water partition coefficient (Wildman–Crippen LogP) is 1.49. The highest BCUT2D eigenvalue weighted by Gasteiger charge is 2.38. The summed E-state index contributed by atoms with van der Waals surface area (Å²) >= 11 is 1.49. The van der Waals surface area contributed by atoms with Gasteiger partial charge in [-0.15, -0.1) is 11.8 Å². The number of carbonyl (C=O) groups is 2. The fraction of sp³-hybridized carbons (Fsp3) is 0.818. The number of amides is 2. The lowest BCUT2D eigenvalue weighted by Gasteiger charge is -2.30. The largest absolute Gasteiger partial charge is 0.480 e. The van der Waals surface area contributed by atoms with Crippen LogP contribution in [-0.2, 0) is 4.79 Å². The minimum atomic E-state index is -0.915. The molecular weight excluding hydrogens is 240 g/mol. The highest BCUT2D eigenvalue weighted by Crippen LogP contribution is 2.30. The molecule has 1 aliphatic carbocycles. The van der Waals surface area contributed by atoms with Gasteiger partial charge in [-0.05, 0) is 19.8 Å². The normalized spacial score (nSPS) is 27.1. The molecule has 2 amide bonds. The number of carboxylic acid groups (broad SMARTS) is 1. The van der Waals surface area contributed by atoms with Gasteiger partial charge in [0, 0.05) is 11.3 Å². The Morgan fingerprint density at radius 2 is 2.06 bits per heavy atom. The van der Waals surface area contributed by atoms with E-state index in [-0.39, 0.29) is 11.6 Å². The number of nitrogens with zero attached hydrogens (tertiary/aromatic N) is 1. The molecule has 0 spiro atoms. The fourth-order valence-electron chi connectivity index (χ4n) is 2.46. The van der Waals surface area contributed by atoms with Crippen molar-refractivity contribution >= 4 is 23.8 Å². The van der Waals surface area contributed by atoms with Crippen molar-refractivity contribution in [3.05, 3.63) is 0 Å². The lowest BCUT2D eigenvalue weighted by atomic mass is 10.0. The summed E-state index contributed by atoms with van der Waals surface area (Å²) in [5.41, 5.74) is -0.145. The van der Waals surface area contributed by atoms with Crippen LogP contribution in [0.5, 0.6) is 0 Å². The molecule has 0 aromatic rings. The minimum absolute atomic E-state index is 0.145. The molecule has 2 rings (SSSR count). The molecule has 2 aliphatic rings. The first-order valence-corrected chi connectivity index (χ1v) is 7.07. The van der Waals surface area contributed by atoms with E-state index in [0.717, 1.165) is 25.7 Å². The summed E-state index contributed by atoms with van der Waals surface area (Å²) in [7, 11) is 0. The highest BCUT2D eigenvalue weighted by molar-refractivity contribution is 7.99. The first-order chi connectivity index (χ1) is 8.02. The van der Waals surface area contributed by atoms with E-state index in [2.05, 4.69) is 5.32 Å². The standard InChI is InChI=1S/C11H18N2O3S/c1-11(4-2-3-5-11)12-10(16)13-7-17-6-8(13)9(14)15/h8H,2-7H2,1H3,(H,12,16)(H,14,15). The molecule has 96 valence electrons. The summed E-state index contributed by atoms with van der Waals surface area (Å²) < 4.78 is 0. The first kappa shape index (κ1) is 12.5. The zero-order valence-corrected chi connectivity index (χ0v) is 10.8. The highest BCUT2D eigenvalue weighted by atomic mass is 32.2. The van der Waals surface area contributed by atoms with E-state index in [1.54, 1.807) is 0 Å². The molecule has 2 N–H and O–H groups in total. The molecule has 1 unspecified atom stereocenters. The van der Waals surface area contributed by atoms with Crippen LogP contribution in [0.15, 0.2) is 0 Å². The lowest BCUT2D eigenvalue weighted by Crippen LogP contribution is -2.53. The van der Waals surface area contributed by atoms with Gasteiger partial charge in [0.2, 0.25) is 0 Å². The molecule has 6 heteroatoms. The third kappa shape index (κ3) is 2.68. The lowest BCUT2D eigenvalue weighted by molar-refractivity contribution is -0.140. The molecule has 0 aromatic heterocycles. The van der Waals surface area contributed by atoms with Crippen molar-refractivity contribution in [3.8, 4) is 0 Å². The van der Waals surface area contributed by atoms with Crippen molar-refractivity contribution in [1.29, 1.82) is 0 Å². The average Bonchev–Trinajstić information content (AvgIpc) is 2.85. The van der Waals surface area contributed by atoms with Crippen molar-refractivity contribution in [2.24, 2.45) is 0 Å². The average molecular weight is 258 g/mol. The predicted molar refractivity (Wildman–Crippen MR) is 66.0 cm³/mol. The van der Waals surface area contributed by atoms with Gasteiger partial charge in [-0.1, -0.05) is 12.8 Å². The molecule has 5 nitrogen and oxygen atoms in total. The zero-order valence-electron chi connectivity index (χ0n) is 9.94. The SMILES string of the molecule is CC1(NC(=O)N2CSCC2C(=O)O)CCCC1. The van der Waals surface area contributed by atoms with Crippen molar-refractivity contribution in [2.45, 2.75) is 44.2 Å². The molecule has 0 bridgehead atoms. The van der Waals surface area contributed by atoms with E-state index < -0.39 is 12.0 Å². The van der Waals surface area contributed by atoms with Crippen LogP contribution >= 0.6 is 11.8 Å². The van der Waals surface area contributed by atoms with Gasteiger partial charge in [-0.2, -0.15) is 0 Å². The number of aliphatic carboxylic acids is 1. The molecule has 0 radical (unpaired) electrons. The van der Waals surface area contributed by atoms with Gasteiger partial charge in [0.05, 0.1) is 5.88 Å². The maximum absolute atomic E-state index is 12.1. The summed E-state index contributed by atoms with van der Waals surface area (Å²) in [6.07, 6.45) is 4.23. The van der Waals surface area contributed by atoms with Crippen LogP contribution in [0.25, 0.3) is 0 Å². The summed E-state index contributed by atoms with van der Waals surface area (Å²) in [5.74, 6) is 0.0416. The Labute approximate surface area is 105 Å². The first-order valence-electron chi connectivity index (χ1n) is 5.91. The van der Waals surface area contributed by atoms with Gasteiger partial charge in [0.25, 0.3) is 0 Å². The van der Waals surface area contributed by atoms with E-state index >= 15 is 0 Å². The third-order valence-electron chi connectivity index (χ3n) is 3.54. The van der Waals surface area contributed by atoms with Crippen LogP contribution in [0.1, 0.15) is 32.6 Å². The quantitative estimate of drug-likeness (QED) is 0.787. The van der Waals surface area contributed by atoms with Crippen LogP contribution in [0, 0.1) is 0 Å². The Bertz CT molecular complexity index is 329. The van der Waals surface area contributed by atoms with Crippen molar-refractivity contribution in [2.75, 3.05) is 11.6 Å². The van der Waals surface area contributed by atoms with Crippen molar-refractivity contribution < 1.29 is 14.7 Å². The number of hydrogen-bond donors (Lipinski definition) is 2. The molecule has 1 aliphatic heterocycles. The van der Waals surface area contributed by atoms with Crippen molar-refractivity contribution in [1.82, 2.24) is 10.2 Å². The van der Waals surface area contributed by atoms with Crippen LogP contribution in [0.4, 0.5) is 4.79 Å². The van der Waals surface area contributed by atoms with E-state index in [9.17, 15) is 9.59 Å². The molecule has 1 heterocycles. The summed E-state index contributed by atoms with van der Waals surface area (Å²) in [5, 5.41) is 12.0. The van der Waals surface area contributed by atoms with Gasteiger partial charge < -0.3 is 15.3 Å². The Balaban J connectivity index is 1.97. The molecule has 1 saturated heterocycles. The van der Waals surface area contributed by atoms with E-state index in [1.165, 1.54) is 16.7 Å². The number of thioether (sulfide) groups is 1. The number of carboxylic acids is 1. The number of carbonyl (C=O) groups excluding carboxylic acids is 1. The van der Waals surface area contributed by atoms with Gasteiger partial charge in [-0.25, -0.2) is 9.59 Å². The second kappa shape index (κ2) is 4.76. The van der Waals surface area contributed by atoms with E-state index in [1.807, 2.05) is 6.92 Å². The van der Waals surface area contributed by atoms with Crippen LogP contribution < -0.4 is 5.32 Å². The fourth-order valence-corrected chi connectivity index (χ4v) is 3.60. The van der Waals surface area contributed by atoms with E-state index in [4.69, 9.17) is 5.11 Å². The topological polar surface area (TPSA) is 69.6 Å². The second-order valence-corrected chi connectivity index (χ2v) is 6.02. The molecule has 0 aromatic carbocycles. The summed E-state index contributed by atoms with van der Waals surface area (Å²) in [6, 6.07) is -0.906. The van der Waals surface area contributed by atoms with E-state index in [0.29, 0.717) is 11.6 Å². The third-order valence-corrected chi connectivity index (χ3v) is 4.56. The molecule has 17 heavy (non-hydrogen) atoms. The molecular formula is C11H18N2O3S. The van der Waals surface area contributed by atoms with Crippen LogP contribution in [-0.4, -0.2) is 45.2 Å². The monoisotopic (exact) mass is 258 g/mol.